The van der Waals surface area contributed by atoms with Crippen LogP contribution in [0.1, 0.15) is 24.9 Å². The van der Waals surface area contributed by atoms with Gasteiger partial charge in [-0.15, -0.1) is 0 Å². The van der Waals surface area contributed by atoms with Crippen molar-refractivity contribution in [2.45, 2.75) is 19.4 Å². The molecule has 0 radical (unpaired) electrons. The number of halogens is 1. The van der Waals surface area contributed by atoms with Crippen molar-refractivity contribution in [1.29, 1.82) is 0 Å². The van der Waals surface area contributed by atoms with Gasteiger partial charge in [0.05, 0.1) is 13.2 Å². The summed E-state index contributed by atoms with van der Waals surface area (Å²) < 4.78 is 18.4. The second-order valence-corrected chi connectivity index (χ2v) is 5.41. The van der Waals surface area contributed by atoms with Gasteiger partial charge in [-0.05, 0) is 31.2 Å². The first-order valence-corrected chi connectivity index (χ1v) is 7.46. The zero-order valence-corrected chi connectivity index (χ0v) is 12.5. The molecular formula is C16H25FN2O. The molecule has 0 spiro atoms. The molecule has 1 heterocycles. The average molecular weight is 280 g/mol. The molecule has 0 aliphatic carbocycles. The van der Waals surface area contributed by atoms with Crippen molar-refractivity contribution >= 4 is 0 Å². The first-order valence-electron chi connectivity index (χ1n) is 7.46. The zero-order valence-electron chi connectivity index (χ0n) is 12.5. The number of ether oxygens (including phenoxy) is 1. The maximum atomic E-state index is 13.0. The Morgan fingerprint density at radius 1 is 1.25 bits per heavy atom. The molecule has 0 bridgehead atoms. The molecule has 1 fully saturated rings. The summed E-state index contributed by atoms with van der Waals surface area (Å²) in [5, 5.41) is 0. The fraction of sp³-hybridized carbons (Fsp3) is 0.625. The summed E-state index contributed by atoms with van der Waals surface area (Å²) in [7, 11) is 2.15. The maximum absolute atomic E-state index is 13.0. The Labute approximate surface area is 121 Å². The fourth-order valence-corrected chi connectivity index (χ4v) is 2.77. The Balaban J connectivity index is 1.87. The number of hydrogen-bond donors (Lipinski definition) is 0. The number of nitrogens with zero attached hydrogens (tertiary/aromatic N) is 2. The minimum atomic E-state index is -0.167. The molecule has 3 nitrogen and oxygen atoms in total. The van der Waals surface area contributed by atoms with E-state index in [9.17, 15) is 4.39 Å². The zero-order chi connectivity index (χ0) is 14.4. The molecular weight excluding hydrogens is 255 g/mol. The standard InChI is InChI=1S/C16H25FN2O/c1-3-16(14-4-6-15(17)7-5-14)18(2)8-9-19-10-12-20-13-11-19/h4-7,16H,3,8-13H2,1-2H3. The van der Waals surface area contributed by atoms with Crippen LogP contribution in [-0.2, 0) is 4.74 Å². The predicted molar refractivity (Wildman–Crippen MR) is 79.3 cm³/mol. The third kappa shape index (κ3) is 4.27. The summed E-state index contributed by atoms with van der Waals surface area (Å²) in [6, 6.07) is 7.25. The van der Waals surface area contributed by atoms with Gasteiger partial charge in [0, 0.05) is 32.2 Å². The highest BCUT2D eigenvalue weighted by Crippen LogP contribution is 2.22. The monoisotopic (exact) mass is 280 g/mol. The van der Waals surface area contributed by atoms with Gasteiger partial charge in [-0.1, -0.05) is 19.1 Å². The van der Waals surface area contributed by atoms with Crippen LogP contribution in [0.3, 0.4) is 0 Å². The number of benzene rings is 1. The number of morpholine rings is 1. The molecule has 0 aromatic heterocycles. The van der Waals surface area contributed by atoms with Crippen LogP contribution in [-0.4, -0.2) is 56.2 Å². The van der Waals surface area contributed by atoms with Crippen LogP contribution in [0.25, 0.3) is 0 Å². The predicted octanol–water partition coefficient (Wildman–Crippen LogP) is 2.54. The van der Waals surface area contributed by atoms with Crippen LogP contribution >= 0.6 is 0 Å². The largest absolute Gasteiger partial charge is 0.379 e. The van der Waals surface area contributed by atoms with Crippen molar-refractivity contribution in [1.82, 2.24) is 9.80 Å². The van der Waals surface area contributed by atoms with Crippen molar-refractivity contribution in [2.24, 2.45) is 0 Å². The first kappa shape index (κ1) is 15.4. The number of hydrogen-bond acceptors (Lipinski definition) is 3. The van der Waals surface area contributed by atoms with Gasteiger partial charge >= 0.3 is 0 Å². The highest BCUT2D eigenvalue weighted by atomic mass is 19.1. The van der Waals surface area contributed by atoms with Crippen molar-refractivity contribution in [3.05, 3.63) is 35.6 Å². The van der Waals surface area contributed by atoms with Crippen molar-refractivity contribution in [3.8, 4) is 0 Å². The lowest BCUT2D eigenvalue weighted by Gasteiger charge is -2.32. The first-order chi connectivity index (χ1) is 9.70. The highest BCUT2D eigenvalue weighted by Gasteiger charge is 2.17. The molecule has 1 aliphatic rings. The fourth-order valence-electron chi connectivity index (χ4n) is 2.77. The van der Waals surface area contributed by atoms with Crippen LogP contribution in [0, 0.1) is 5.82 Å². The molecule has 1 unspecified atom stereocenters. The highest BCUT2D eigenvalue weighted by molar-refractivity contribution is 5.19. The lowest BCUT2D eigenvalue weighted by molar-refractivity contribution is 0.0324. The van der Waals surface area contributed by atoms with Gasteiger partial charge in [-0.3, -0.25) is 9.80 Å². The van der Waals surface area contributed by atoms with Crippen LogP contribution in [0.5, 0.6) is 0 Å². The molecule has 1 aromatic carbocycles. The Hall–Kier alpha value is -0.970. The van der Waals surface area contributed by atoms with E-state index in [4.69, 9.17) is 4.74 Å². The second kappa shape index (κ2) is 7.72. The Kier molecular flexibility index (Phi) is 5.95. The molecule has 4 heteroatoms. The lowest BCUT2D eigenvalue weighted by Crippen LogP contribution is -2.41. The third-order valence-electron chi connectivity index (χ3n) is 4.05. The molecule has 112 valence electrons. The maximum Gasteiger partial charge on any atom is 0.123 e. The van der Waals surface area contributed by atoms with Crippen LogP contribution in [0.4, 0.5) is 4.39 Å². The van der Waals surface area contributed by atoms with E-state index >= 15 is 0 Å². The number of likely N-dealkylation sites (N-methyl/N-ethyl adjacent to an activating group) is 1. The molecule has 0 saturated carbocycles. The van der Waals surface area contributed by atoms with Crippen LogP contribution in [0.15, 0.2) is 24.3 Å². The van der Waals surface area contributed by atoms with E-state index in [0.29, 0.717) is 6.04 Å². The van der Waals surface area contributed by atoms with Crippen molar-refractivity contribution in [2.75, 3.05) is 46.4 Å². The summed E-state index contributed by atoms with van der Waals surface area (Å²) in [4.78, 5) is 4.81. The summed E-state index contributed by atoms with van der Waals surface area (Å²) in [6.45, 7) is 8.02. The molecule has 20 heavy (non-hydrogen) atoms. The SMILES string of the molecule is CCC(c1ccc(F)cc1)N(C)CCN1CCOCC1. The topological polar surface area (TPSA) is 15.7 Å². The molecule has 1 saturated heterocycles. The van der Waals surface area contributed by atoms with Gasteiger partial charge in [-0.2, -0.15) is 0 Å². The summed E-state index contributed by atoms with van der Waals surface area (Å²) in [5.74, 6) is -0.167. The smallest absolute Gasteiger partial charge is 0.123 e. The molecule has 1 aromatic rings. The van der Waals surface area contributed by atoms with Gasteiger partial charge in [0.25, 0.3) is 0 Å². The van der Waals surface area contributed by atoms with E-state index in [0.717, 1.165) is 45.8 Å². The van der Waals surface area contributed by atoms with Crippen LogP contribution < -0.4 is 0 Å². The third-order valence-corrected chi connectivity index (χ3v) is 4.05. The average Bonchev–Trinajstić information content (AvgIpc) is 2.49. The van der Waals surface area contributed by atoms with E-state index in [-0.39, 0.29) is 5.82 Å². The lowest BCUT2D eigenvalue weighted by atomic mass is 10.0. The van der Waals surface area contributed by atoms with E-state index in [2.05, 4.69) is 23.8 Å². The Morgan fingerprint density at radius 3 is 2.50 bits per heavy atom. The van der Waals surface area contributed by atoms with Gasteiger partial charge in [0.15, 0.2) is 0 Å². The van der Waals surface area contributed by atoms with E-state index < -0.39 is 0 Å². The van der Waals surface area contributed by atoms with E-state index in [1.54, 1.807) is 12.1 Å². The van der Waals surface area contributed by atoms with E-state index in [1.165, 1.54) is 5.56 Å². The Bertz CT molecular complexity index is 390. The summed E-state index contributed by atoms with van der Waals surface area (Å²) in [5.41, 5.74) is 1.19. The minimum Gasteiger partial charge on any atom is -0.379 e. The Morgan fingerprint density at radius 2 is 1.90 bits per heavy atom. The minimum absolute atomic E-state index is 0.167. The van der Waals surface area contributed by atoms with Gasteiger partial charge in [-0.25, -0.2) is 4.39 Å². The van der Waals surface area contributed by atoms with Crippen LogP contribution in [0.2, 0.25) is 0 Å². The van der Waals surface area contributed by atoms with Crippen molar-refractivity contribution in [3.63, 3.8) is 0 Å². The quantitative estimate of drug-likeness (QED) is 0.796. The van der Waals surface area contributed by atoms with Crippen molar-refractivity contribution < 1.29 is 9.13 Å². The molecule has 0 N–H and O–H groups in total. The van der Waals surface area contributed by atoms with Gasteiger partial charge < -0.3 is 4.74 Å². The summed E-state index contributed by atoms with van der Waals surface area (Å²) in [6.07, 6.45) is 1.03. The molecule has 1 atom stereocenters. The van der Waals surface area contributed by atoms with E-state index in [1.807, 2.05) is 12.1 Å². The molecule has 2 rings (SSSR count). The normalized spacial score (nSPS) is 18.4. The number of rotatable bonds is 6. The molecule has 1 aliphatic heterocycles. The molecule has 0 amide bonds. The second-order valence-electron chi connectivity index (χ2n) is 5.41. The van der Waals surface area contributed by atoms with Gasteiger partial charge in [0.1, 0.15) is 5.82 Å². The van der Waals surface area contributed by atoms with Gasteiger partial charge in [0.2, 0.25) is 0 Å². The summed E-state index contributed by atoms with van der Waals surface area (Å²) >= 11 is 0.